The highest BCUT2D eigenvalue weighted by Crippen LogP contribution is 2.41. The van der Waals surface area contributed by atoms with Crippen molar-refractivity contribution in [3.05, 3.63) is 65.7 Å². The van der Waals surface area contributed by atoms with Gasteiger partial charge in [0.1, 0.15) is 5.75 Å². The standard InChI is InChI=1S/C20H23NO2/c1-20(2)18(15-7-5-4-6-8-15)13-17(19(22)21-20)14-9-11-16(23-3)12-10-14/h4-12,17-18H,13H2,1-3H3,(H,21,22). The minimum Gasteiger partial charge on any atom is -0.497 e. The Kier molecular flexibility index (Phi) is 4.12. The molecule has 3 heteroatoms. The van der Waals surface area contributed by atoms with Crippen molar-refractivity contribution in [2.45, 2.75) is 37.6 Å². The molecule has 0 radical (unpaired) electrons. The largest absolute Gasteiger partial charge is 0.497 e. The highest BCUT2D eigenvalue weighted by atomic mass is 16.5. The Labute approximate surface area is 137 Å². The minimum absolute atomic E-state index is 0.104. The van der Waals surface area contributed by atoms with E-state index in [1.165, 1.54) is 5.56 Å². The number of ether oxygens (including phenoxy) is 1. The number of rotatable bonds is 3. The van der Waals surface area contributed by atoms with Crippen LogP contribution < -0.4 is 10.1 Å². The van der Waals surface area contributed by atoms with Gasteiger partial charge in [0, 0.05) is 11.5 Å². The van der Waals surface area contributed by atoms with Crippen molar-refractivity contribution < 1.29 is 9.53 Å². The molecule has 1 aliphatic rings. The van der Waals surface area contributed by atoms with Crippen LogP contribution in [0, 0.1) is 0 Å². The Hall–Kier alpha value is -2.29. The smallest absolute Gasteiger partial charge is 0.227 e. The number of piperidine rings is 1. The average Bonchev–Trinajstić information content (AvgIpc) is 2.55. The van der Waals surface area contributed by atoms with E-state index in [9.17, 15) is 4.79 Å². The molecule has 1 saturated heterocycles. The second-order valence-electron chi connectivity index (χ2n) is 6.74. The van der Waals surface area contributed by atoms with Gasteiger partial charge in [0.25, 0.3) is 0 Å². The van der Waals surface area contributed by atoms with Gasteiger partial charge in [-0.15, -0.1) is 0 Å². The minimum atomic E-state index is -0.249. The van der Waals surface area contributed by atoms with E-state index in [4.69, 9.17) is 4.74 Å². The Bertz CT molecular complexity index is 677. The van der Waals surface area contributed by atoms with Gasteiger partial charge < -0.3 is 10.1 Å². The van der Waals surface area contributed by atoms with Gasteiger partial charge in [-0.1, -0.05) is 42.5 Å². The van der Waals surface area contributed by atoms with Gasteiger partial charge in [-0.25, -0.2) is 0 Å². The van der Waals surface area contributed by atoms with Gasteiger partial charge in [0.05, 0.1) is 13.0 Å². The first-order chi connectivity index (χ1) is 11.0. The summed E-state index contributed by atoms with van der Waals surface area (Å²) in [5.41, 5.74) is 2.07. The van der Waals surface area contributed by atoms with Crippen LogP contribution in [0.5, 0.6) is 5.75 Å². The van der Waals surface area contributed by atoms with Crippen molar-refractivity contribution in [1.82, 2.24) is 5.32 Å². The molecular formula is C20H23NO2. The molecule has 23 heavy (non-hydrogen) atoms. The van der Waals surface area contributed by atoms with Crippen LogP contribution in [0.3, 0.4) is 0 Å². The molecular weight excluding hydrogens is 286 g/mol. The zero-order valence-corrected chi connectivity index (χ0v) is 13.9. The van der Waals surface area contributed by atoms with Gasteiger partial charge in [-0.2, -0.15) is 0 Å². The van der Waals surface area contributed by atoms with Crippen molar-refractivity contribution in [1.29, 1.82) is 0 Å². The molecule has 1 heterocycles. The SMILES string of the molecule is COc1ccc(C2CC(c3ccccc3)C(C)(C)NC2=O)cc1. The Balaban J connectivity index is 1.91. The van der Waals surface area contributed by atoms with E-state index in [1.807, 2.05) is 30.3 Å². The lowest BCUT2D eigenvalue weighted by Gasteiger charge is -2.43. The van der Waals surface area contributed by atoms with Crippen LogP contribution >= 0.6 is 0 Å². The summed E-state index contributed by atoms with van der Waals surface area (Å²) >= 11 is 0. The Morgan fingerprint density at radius 1 is 1.00 bits per heavy atom. The number of methoxy groups -OCH3 is 1. The molecule has 1 fully saturated rings. The molecule has 3 nitrogen and oxygen atoms in total. The van der Waals surface area contributed by atoms with Crippen LogP contribution in [0.25, 0.3) is 0 Å². The molecule has 1 aliphatic heterocycles. The lowest BCUT2D eigenvalue weighted by Crippen LogP contribution is -2.54. The average molecular weight is 309 g/mol. The van der Waals surface area contributed by atoms with E-state index < -0.39 is 0 Å². The van der Waals surface area contributed by atoms with E-state index in [1.54, 1.807) is 7.11 Å². The number of hydrogen-bond donors (Lipinski definition) is 1. The first kappa shape index (κ1) is 15.6. The molecule has 0 aromatic heterocycles. The molecule has 0 saturated carbocycles. The second-order valence-corrected chi connectivity index (χ2v) is 6.74. The normalized spacial score (nSPS) is 23.2. The first-order valence-electron chi connectivity index (χ1n) is 8.02. The fraction of sp³-hybridized carbons (Fsp3) is 0.350. The number of hydrogen-bond acceptors (Lipinski definition) is 2. The van der Waals surface area contributed by atoms with E-state index in [0.717, 1.165) is 17.7 Å². The molecule has 0 bridgehead atoms. The van der Waals surface area contributed by atoms with Crippen molar-refractivity contribution in [2.75, 3.05) is 7.11 Å². The monoisotopic (exact) mass is 309 g/mol. The molecule has 1 N–H and O–H groups in total. The van der Waals surface area contributed by atoms with Crippen LogP contribution in [0.2, 0.25) is 0 Å². The number of nitrogens with one attached hydrogen (secondary N) is 1. The third kappa shape index (κ3) is 3.09. The van der Waals surface area contributed by atoms with Crippen molar-refractivity contribution in [3.63, 3.8) is 0 Å². The van der Waals surface area contributed by atoms with Gasteiger partial charge in [0.15, 0.2) is 0 Å². The molecule has 120 valence electrons. The molecule has 2 aromatic carbocycles. The molecule has 2 aromatic rings. The maximum atomic E-state index is 12.6. The highest BCUT2D eigenvalue weighted by Gasteiger charge is 2.41. The number of carbonyl (C=O) groups is 1. The van der Waals surface area contributed by atoms with Crippen LogP contribution in [0.4, 0.5) is 0 Å². The zero-order chi connectivity index (χ0) is 16.4. The van der Waals surface area contributed by atoms with Crippen molar-refractivity contribution >= 4 is 5.91 Å². The Morgan fingerprint density at radius 3 is 2.26 bits per heavy atom. The predicted molar refractivity (Wildman–Crippen MR) is 91.8 cm³/mol. The van der Waals surface area contributed by atoms with Crippen LogP contribution in [-0.4, -0.2) is 18.6 Å². The number of carbonyl (C=O) groups excluding carboxylic acids is 1. The van der Waals surface area contributed by atoms with Gasteiger partial charge in [-0.05, 0) is 43.5 Å². The molecule has 1 amide bonds. The highest BCUT2D eigenvalue weighted by molar-refractivity contribution is 5.85. The van der Waals surface area contributed by atoms with E-state index in [0.29, 0.717) is 0 Å². The van der Waals surface area contributed by atoms with E-state index in [-0.39, 0.29) is 23.3 Å². The molecule has 2 unspecified atom stereocenters. The van der Waals surface area contributed by atoms with Crippen molar-refractivity contribution in [2.24, 2.45) is 0 Å². The topological polar surface area (TPSA) is 38.3 Å². The van der Waals surface area contributed by atoms with Crippen LogP contribution in [0.1, 0.15) is 43.2 Å². The maximum absolute atomic E-state index is 12.6. The molecule has 0 aliphatic carbocycles. The lowest BCUT2D eigenvalue weighted by atomic mass is 9.71. The van der Waals surface area contributed by atoms with E-state index in [2.05, 4.69) is 43.4 Å². The van der Waals surface area contributed by atoms with E-state index >= 15 is 0 Å². The summed E-state index contributed by atoms with van der Waals surface area (Å²) in [5, 5.41) is 3.21. The first-order valence-corrected chi connectivity index (χ1v) is 8.02. The quantitative estimate of drug-likeness (QED) is 0.935. The van der Waals surface area contributed by atoms with Gasteiger partial charge in [-0.3, -0.25) is 4.79 Å². The van der Waals surface area contributed by atoms with Crippen LogP contribution in [-0.2, 0) is 4.79 Å². The summed E-state index contributed by atoms with van der Waals surface area (Å²) < 4.78 is 5.21. The maximum Gasteiger partial charge on any atom is 0.227 e. The summed E-state index contributed by atoms with van der Waals surface area (Å²) in [6.07, 6.45) is 0.815. The third-order valence-corrected chi connectivity index (χ3v) is 4.82. The third-order valence-electron chi connectivity index (χ3n) is 4.82. The summed E-state index contributed by atoms with van der Waals surface area (Å²) in [5.74, 6) is 1.07. The Morgan fingerprint density at radius 2 is 1.65 bits per heavy atom. The summed E-state index contributed by atoms with van der Waals surface area (Å²) in [6.45, 7) is 4.21. The molecule has 3 rings (SSSR count). The summed E-state index contributed by atoms with van der Waals surface area (Å²) in [4.78, 5) is 12.6. The second kappa shape index (κ2) is 6.07. The molecule has 0 spiro atoms. The summed E-state index contributed by atoms with van der Waals surface area (Å²) in [6, 6.07) is 18.3. The zero-order valence-electron chi connectivity index (χ0n) is 13.9. The van der Waals surface area contributed by atoms with Gasteiger partial charge in [0.2, 0.25) is 5.91 Å². The number of amides is 1. The summed E-state index contributed by atoms with van der Waals surface area (Å²) in [7, 11) is 1.65. The van der Waals surface area contributed by atoms with Crippen LogP contribution in [0.15, 0.2) is 54.6 Å². The molecule has 2 atom stereocenters. The lowest BCUT2D eigenvalue weighted by molar-refractivity contribution is -0.127. The predicted octanol–water partition coefficient (Wildman–Crippen LogP) is 3.86. The van der Waals surface area contributed by atoms with Gasteiger partial charge >= 0.3 is 0 Å². The van der Waals surface area contributed by atoms with Crippen molar-refractivity contribution in [3.8, 4) is 5.75 Å². The fourth-order valence-electron chi connectivity index (χ4n) is 3.49. The fourth-order valence-corrected chi connectivity index (χ4v) is 3.49. The number of benzene rings is 2.